The van der Waals surface area contributed by atoms with Gasteiger partial charge >= 0.3 is 0 Å². The van der Waals surface area contributed by atoms with Crippen molar-refractivity contribution in [2.24, 2.45) is 0 Å². The van der Waals surface area contributed by atoms with E-state index >= 15 is 0 Å². The molecule has 6 rings (SSSR count). The second-order valence-electron chi connectivity index (χ2n) is 8.66. The highest BCUT2D eigenvalue weighted by molar-refractivity contribution is 6.04. The lowest BCUT2D eigenvalue weighted by Gasteiger charge is -2.15. The average molecular weight is 450 g/mol. The summed E-state index contributed by atoms with van der Waals surface area (Å²) in [4.78, 5) is 13.7. The molecular formula is C32H23N3. The fourth-order valence-electron chi connectivity index (χ4n) is 4.67. The molecule has 2 aromatic heterocycles. The zero-order chi connectivity index (χ0) is 23.6. The van der Waals surface area contributed by atoms with E-state index in [0.717, 1.165) is 38.9 Å². The number of pyridine rings is 1. The Kier molecular flexibility index (Phi) is 5.36. The van der Waals surface area contributed by atoms with Gasteiger partial charge in [-0.15, -0.1) is 0 Å². The van der Waals surface area contributed by atoms with Crippen LogP contribution in [0.4, 0.5) is 0 Å². The molecule has 0 spiro atoms. The van der Waals surface area contributed by atoms with E-state index < -0.39 is 0 Å². The fourth-order valence-corrected chi connectivity index (χ4v) is 4.67. The predicted molar refractivity (Wildman–Crippen MR) is 144 cm³/mol. The average Bonchev–Trinajstić information content (AvgIpc) is 2.93. The number of hydrogen-bond acceptors (Lipinski definition) is 3. The van der Waals surface area contributed by atoms with Gasteiger partial charge in [0.2, 0.25) is 0 Å². The molecule has 0 aliphatic heterocycles. The van der Waals surface area contributed by atoms with Crippen LogP contribution >= 0.6 is 0 Å². The minimum absolute atomic E-state index is 0.940. The number of aryl methyl sites for hydroxylation is 1. The van der Waals surface area contributed by atoms with Crippen molar-refractivity contribution in [3.8, 4) is 44.6 Å². The normalized spacial score (nSPS) is 11.0. The van der Waals surface area contributed by atoms with Crippen molar-refractivity contribution in [3.05, 3.63) is 127 Å². The second kappa shape index (κ2) is 8.96. The summed E-state index contributed by atoms with van der Waals surface area (Å²) in [5.74, 6) is 0. The molecule has 0 amide bonds. The lowest BCUT2D eigenvalue weighted by molar-refractivity contribution is 1.22. The van der Waals surface area contributed by atoms with Crippen LogP contribution in [0.3, 0.4) is 0 Å². The van der Waals surface area contributed by atoms with Gasteiger partial charge in [-0.3, -0.25) is 4.98 Å². The molecule has 0 aliphatic rings. The van der Waals surface area contributed by atoms with Gasteiger partial charge in [0, 0.05) is 28.9 Å². The van der Waals surface area contributed by atoms with E-state index in [0.29, 0.717) is 0 Å². The Labute approximate surface area is 204 Å². The van der Waals surface area contributed by atoms with Crippen LogP contribution in [0.15, 0.2) is 122 Å². The molecule has 0 atom stereocenters. The number of benzene rings is 4. The number of nitrogens with zero attached hydrogens (tertiary/aromatic N) is 3. The van der Waals surface area contributed by atoms with Crippen molar-refractivity contribution in [2.75, 3.05) is 0 Å². The third kappa shape index (κ3) is 3.98. The minimum atomic E-state index is 0.940. The van der Waals surface area contributed by atoms with Gasteiger partial charge in [0.1, 0.15) is 6.33 Å². The summed E-state index contributed by atoms with van der Waals surface area (Å²) in [5.41, 5.74) is 11.1. The Morgan fingerprint density at radius 3 is 2.17 bits per heavy atom. The predicted octanol–water partition coefficient (Wildman–Crippen LogP) is 8.00. The minimum Gasteiger partial charge on any atom is -0.256 e. The van der Waals surface area contributed by atoms with Crippen molar-refractivity contribution in [2.45, 2.75) is 6.92 Å². The molecule has 0 N–H and O–H groups in total. The second-order valence-corrected chi connectivity index (χ2v) is 8.66. The quantitative estimate of drug-likeness (QED) is 0.274. The van der Waals surface area contributed by atoms with Crippen LogP contribution in [0, 0.1) is 6.92 Å². The van der Waals surface area contributed by atoms with Crippen molar-refractivity contribution in [3.63, 3.8) is 0 Å². The van der Waals surface area contributed by atoms with Crippen molar-refractivity contribution < 1.29 is 0 Å². The molecule has 0 fully saturated rings. The zero-order valence-corrected chi connectivity index (χ0v) is 19.4. The lowest BCUT2D eigenvalue weighted by atomic mass is 9.89. The highest BCUT2D eigenvalue weighted by Crippen LogP contribution is 2.39. The molecule has 0 radical (unpaired) electrons. The van der Waals surface area contributed by atoms with E-state index in [1.54, 1.807) is 6.33 Å². The van der Waals surface area contributed by atoms with E-state index in [1.807, 2.05) is 30.6 Å². The Bertz CT molecular complexity index is 1640. The smallest absolute Gasteiger partial charge is 0.116 e. The number of hydrogen-bond donors (Lipinski definition) is 0. The first-order valence-corrected chi connectivity index (χ1v) is 11.7. The highest BCUT2D eigenvalue weighted by Gasteiger charge is 2.15. The van der Waals surface area contributed by atoms with Crippen LogP contribution in [0.25, 0.3) is 55.5 Å². The van der Waals surface area contributed by atoms with Gasteiger partial charge in [-0.2, -0.15) is 0 Å². The summed E-state index contributed by atoms with van der Waals surface area (Å²) in [6.45, 7) is 2.13. The lowest BCUT2D eigenvalue weighted by Crippen LogP contribution is -1.93. The first-order chi connectivity index (χ1) is 17.3. The fraction of sp³-hybridized carbons (Fsp3) is 0.0312. The third-order valence-corrected chi connectivity index (χ3v) is 6.36. The maximum Gasteiger partial charge on any atom is 0.116 e. The topological polar surface area (TPSA) is 38.7 Å². The number of aromatic nitrogens is 3. The van der Waals surface area contributed by atoms with E-state index in [-0.39, 0.29) is 0 Å². The van der Waals surface area contributed by atoms with E-state index in [2.05, 4.69) is 102 Å². The van der Waals surface area contributed by atoms with Gasteiger partial charge < -0.3 is 0 Å². The van der Waals surface area contributed by atoms with Crippen LogP contribution in [0.1, 0.15) is 5.56 Å². The molecule has 3 heteroatoms. The van der Waals surface area contributed by atoms with Gasteiger partial charge in [-0.1, -0.05) is 90.5 Å². The molecular weight excluding hydrogens is 426 g/mol. The van der Waals surface area contributed by atoms with Gasteiger partial charge in [0.05, 0.1) is 11.2 Å². The van der Waals surface area contributed by atoms with Crippen LogP contribution < -0.4 is 0 Å². The van der Waals surface area contributed by atoms with E-state index in [9.17, 15) is 0 Å². The summed E-state index contributed by atoms with van der Waals surface area (Å²) in [6, 6.07) is 36.0. The maximum absolute atomic E-state index is 4.74. The van der Waals surface area contributed by atoms with Gasteiger partial charge in [0.25, 0.3) is 0 Å². The summed E-state index contributed by atoms with van der Waals surface area (Å²) in [5, 5.41) is 1.04. The van der Waals surface area contributed by atoms with Crippen molar-refractivity contribution in [1.29, 1.82) is 0 Å². The Morgan fingerprint density at radius 2 is 1.31 bits per heavy atom. The van der Waals surface area contributed by atoms with Crippen LogP contribution in [0.2, 0.25) is 0 Å². The zero-order valence-electron chi connectivity index (χ0n) is 19.4. The van der Waals surface area contributed by atoms with Crippen LogP contribution in [-0.4, -0.2) is 15.0 Å². The number of fused-ring (bicyclic) bond motifs is 1. The maximum atomic E-state index is 4.74. The summed E-state index contributed by atoms with van der Waals surface area (Å²) in [6.07, 6.45) is 5.38. The summed E-state index contributed by atoms with van der Waals surface area (Å²) >= 11 is 0. The van der Waals surface area contributed by atoms with Gasteiger partial charge in [-0.05, 0) is 52.9 Å². The molecule has 0 unspecified atom stereocenters. The Balaban J connectivity index is 1.54. The molecule has 0 saturated heterocycles. The summed E-state index contributed by atoms with van der Waals surface area (Å²) < 4.78 is 0. The molecule has 2 heterocycles. The molecule has 3 nitrogen and oxygen atoms in total. The highest BCUT2D eigenvalue weighted by atomic mass is 14.8. The molecule has 6 aromatic rings. The first-order valence-electron chi connectivity index (χ1n) is 11.7. The monoisotopic (exact) mass is 449 g/mol. The van der Waals surface area contributed by atoms with Gasteiger partial charge in [0.15, 0.2) is 0 Å². The Hall–Kier alpha value is -4.63. The van der Waals surface area contributed by atoms with Gasteiger partial charge in [-0.25, -0.2) is 9.97 Å². The molecule has 0 aliphatic carbocycles. The summed E-state index contributed by atoms with van der Waals surface area (Å²) in [7, 11) is 0. The molecule has 0 saturated carbocycles. The molecule has 0 bridgehead atoms. The number of rotatable bonds is 4. The standard InChI is InChI=1S/C32H23N3/c1-22-13-14-27(29(18-22)23-8-3-2-4-9-23)28-16-15-26(32-30(28)20-33-21-35-32)24-10-7-11-25(19-24)31-12-5-6-17-34-31/h2-21H,1H3. The Morgan fingerprint density at radius 1 is 0.543 bits per heavy atom. The largest absolute Gasteiger partial charge is 0.256 e. The van der Waals surface area contributed by atoms with Crippen molar-refractivity contribution >= 4 is 10.9 Å². The molecule has 35 heavy (non-hydrogen) atoms. The first kappa shape index (κ1) is 20.9. The van der Waals surface area contributed by atoms with Crippen LogP contribution in [-0.2, 0) is 0 Å². The van der Waals surface area contributed by atoms with E-state index in [1.165, 1.54) is 22.3 Å². The van der Waals surface area contributed by atoms with E-state index in [4.69, 9.17) is 4.98 Å². The van der Waals surface area contributed by atoms with Crippen LogP contribution in [0.5, 0.6) is 0 Å². The van der Waals surface area contributed by atoms with Crippen molar-refractivity contribution in [1.82, 2.24) is 15.0 Å². The SMILES string of the molecule is Cc1ccc(-c2ccc(-c3cccc(-c4ccccn4)c3)c3ncncc23)c(-c2ccccc2)c1. The molecule has 4 aromatic carbocycles. The molecule has 166 valence electrons. The third-order valence-electron chi connectivity index (χ3n) is 6.36.